The van der Waals surface area contributed by atoms with Gasteiger partial charge in [-0.05, 0) is 67.3 Å². The molecule has 0 aliphatic heterocycles. The molecule has 124 valence electrons. The summed E-state index contributed by atoms with van der Waals surface area (Å²) in [4.78, 5) is 14.0. The molecular formula is C16H32N2O3. The van der Waals surface area contributed by atoms with Crippen molar-refractivity contribution in [2.75, 3.05) is 13.1 Å². The fourth-order valence-electron chi connectivity index (χ4n) is 1.95. The standard InChI is InChI=1S/C16H32N2O3/c1-12(16(5,6)20)17-10-7-11-18(13-8-9-13)14(19)21-15(2,3)4/h12-13,17,20H,7-11H2,1-6H3. The summed E-state index contributed by atoms with van der Waals surface area (Å²) < 4.78 is 5.46. The molecule has 0 spiro atoms. The molecule has 1 fully saturated rings. The number of aliphatic hydroxyl groups is 1. The van der Waals surface area contributed by atoms with Crippen LogP contribution in [0.1, 0.15) is 60.8 Å². The Hall–Kier alpha value is -0.810. The van der Waals surface area contributed by atoms with Crippen LogP contribution in [0.2, 0.25) is 0 Å². The first-order valence-corrected chi connectivity index (χ1v) is 7.96. The number of rotatable bonds is 7. The van der Waals surface area contributed by atoms with E-state index in [0.29, 0.717) is 12.6 Å². The van der Waals surface area contributed by atoms with Crippen LogP contribution in [0.25, 0.3) is 0 Å². The Morgan fingerprint density at radius 1 is 1.33 bits per heavy atom. The Labute approximate surface area is 129 Å². The van der Waals surface area contributed by atoms with E-state index in [4.69, 9.17) is 4.74 Å². The van der Waals surface area contributed by atoms with E-state index in [1.54, 1.807) is 13.8 Å². The number of nitrogens with one attached hydrogen (secondary N) is 1. The van der Waals surface area contributed by atoms with E-state index in [2.05, 4.69) is 5.32 Å². The maximum atomic E-state index is 12.2. The lowest BCUT2D eigenvalue weighted by molar-refractivity contribution is 0.0223. The van der Waals surface area contributed by atoms with E-state index in [1.165, 1.54) is 0 Å². The van der Waals surface area contributed by atoms with Crippen molar-refractivity contribution in [1.82, 2.24) is 10.2 Å². The molecule has 1 rings (SSSR count). The molecule has 0 radical (unpaired) electrons. The van der Waals surface area contributed by atoms with Gasteiger partial charge in [-0.3, -0.25) is 0 Å². The molecule has 0 aromatic rings. The zero-order valence-electron chi connectivity index (χ0n) is 14.4. The number of amides is 1. The Bertz CT molecular complexity index is 340. The number of carbonyl (C=O) groups excluding carboxylic acids is 1. The van der Waals surface area contributed by atoms with E-state index in [-0.39, 0.29) is 12.1 Å². The van der Waals surface area contributed by atoms with Gasteiger partial charge in [0.15, 0.2) is 0 Å². The van der Waals surface area contributed by atoms with E-state index in [1.807, 2.05) is 32.6 Å². The highest BCUT2D eigenvalue weighted by atomic mass is 16.6. The van der Waals surface area contributed by atoms with Gasteiger partial charge in [-0.2, -0.15) is 0 Å². The molecule has 2 N–H and O–H groups in total. The van der Waals surface area contributed by atoms with Gasteiger partial charge < -0.3 is 20.1 Å². The van der Waals surface area contributed by atoms with Gasteiger partial charge in [0, 0.05) is 18.6 Å². The predicted octanol–water partition coefficient (Wildman–Crippen LogP) is 2.53. The third-order valence-electron chi connectivity index (χ3n) is 3.70. The van der Waals surface area contributed by atoms with Crippen molar-refractivity contribution in [3.8, 4) is 0 Å². The Morgan fingerprint density at radius 3 is 2.33 bits per heavy atom. The number of carbonyl (C=O) groups is 1. The minimum Gasteiger partial charge on any atom is -0.444 e. The topological polar surface area (TPSA) is 61.8 Å². The van der Waals surface area contributed by atoms with E-state index >= 15 is 0 Å². The SMILES string of the molecule is CC(NCCCN(C(=O)OC(C)(C)C)C1CC1)C(C)(C)O. The molecule has 5 heteroatoms. The monoisotopic (exact) mass is 300 g/mol. The van der Waals surface area contributed by atoms with Gasteiger partial charge in [-0.1, -0.05) is 0 Å². The van der Waals surface area contributed by atoms with Gasteiger partial charge in [0.05, 0.1) is 5.60 Å². The molecule has 0 aromatic carbocycles. The molecule has 5 nitrogen and oxygen atoms in total. The van der Waals surface area contributed by atoms with Crippen LogP contribution in [0, 0.1) is 0 Å². The van der Waals surface area contributed by atoms with Crippen molar-refractivity contribution >= 4 is 6.09 Å². The Morgan fingerprint density at radius 2 is 1.90 bits per heavy atom. The van der Waals surface area contributed by atoms with Gasteiger partial charge in [0.2, 0.25) is 0 Å². The van der Waals surface area contributed by atoms with Crippen LogP contribution in [0.5, 0.6) is 0 Å². The zero-order chi connectivity index (χ0) is 16.3. The van der Waals surface area contributed by atoms with Crippen molar-refractivity contribution in [2.24, 2.45) is 0 Å². The molecule has 21 heavy (non-hydrogen) atoms. The molecule has 1 aliphatic rings. The molecule has 1 saturated carbocycles. The molecule has 1 amide bonds. The molecule has 1 aliphatic carbocycles. The van der Waals surface area contributed by atoms with Crippen LogP contribution in [-0.4, -0.2) is 52.5 Å². The summed E-state index contributed by atoms with van der Waals surface area (Å²) in [5.41, 5.74) is -1.18. The summed E-state index contributed by atoms with van der Waals surface area (Å²) in [6, 6.07) is 0.375. The van der Waals surface area contributed by atoms with E-state index in [9.17, 15) is 9.90 Å². The predicted molar refractivity (Wildman–Crippen MR) is 84.3 cm³/mol. The summed E-state index contributed by atoms with van der Waals surface area (Å²) in [6.45, 7) is 12.7. The number of nitrogens with zero attached hydrogens (tertiary/aromatic N) is 1. The van der Waals surface area contributed by atoms with E-state index in [0.717, 1.165) is 25.8 Å². The smallest absolute Gasteiger partial charge is 0.410 e. The molecule has 0 aromatic heterocycles. The van der Waals surface area contributed by atoms with E-state index < -0.39 is 11.2 Å². The lowest BCUT2D eigenvalue weighted by atomic mass is 10.0. The summed E-state index contributed by atoms with van der Waals surface area (Å²) >= 11 is 0. The van der Waals surface area contributed by atoms with Gasteiger partial charge in [-0.15, -0.1) is 0 Å². The number of hydrogen-bond donors (Lipinski definition) is 2. The minimum atomic E-state index is -0.735. The van der Waals surface area contributed by atoms with Gasteiger partial charge in [0.25, 0.3) is 0 Å². The fourth-order valence-corrected chi connectivity index (χ4v) is 1.95. The van der Waals surface area contributed by atoms with Crippen molar-refractivity contribution in [2.45, 2.75) is 84.1 Å². The number of ether oxygens (including phenoxy) is 1. The summed E-state index contributed by atoms with van der Waals surface area (Å²) in [7, 11) is 0. The zero-order valence-corrected chi connectivity index (χ0v) is 14.4. The third-order valence-corrected chi connectivity index (χ3v) is 3.70. The van der Waals surface area contributed by atoms with Crippen LogP contribution >= 0.6 is 0 Å². The summed E-state index contributed by atoms with van der Waals surface area (Å²) in [6.07, 6.45) is 2.80. The highest BCUT2D eigenvalue weighted by Gasteiger charge is 2.34. The highest BCUT2D eigenvalue weighted by Crippen LogP contribution is 2.28. The first-order chi connectivity index (χ1) is 9.50. The normalized spacial score (nSPS) is 17.5. The lowest BCUT2D eigenvalue weighted by Crippen LogP contribution is -2.45. The van der Waals surface area contributed by atoms with Gasteiger partial charge >= 0.3 is 6.09 Å². The minimum absolute atomic E-state index is 0.0217. The second-order valence-electron chi connectivity index (χ2n) is 7.59. The maximum Gasteiger partial charge on any atom is 0.410 e. The van der Waals surface area contributed by atoms with Crippen molar-refractivity contribution in [3.05, 3.63) is 0 Å². The van der Waals surface area contributed by atoms with Crippen LogP contribution in [0.4, 0.5) is 4.79 Å². The summed E-state index contributed by atoms with van der Waals surface area (Å²) in [5.74, 6) is 0. The molecule has 0 bridgehead atoms. The largest absolute Gasteiger partial charge is 0.444 e. The third kappa shape index (κ3) is 7.14. The van der Waals surface area contributed by atoms with Gasteiger partial charge in [0.1, 0.15) is 5.60 Å². The molecular weight excluding hydrogens is 268 g/mol. The van der Waals surface area contributed by atoms with Crippen LogP contribution < -0.4 is 5.32 Å². The van der Waals surface area contributed by atoms with Crippen LogP contribution in [-0.2, 0) is 4.74 Å². The number of hydrogen-bond acceptors (Lipinski definition) is 4. The maximum absolute atomic E-state index is 12.2. The first-order valence-electron chi connectivity index (χ1n) is 7.96. The summed E-state index contributed by atoms with van der Waals surface area (Å²) in [5, 5.41) is 13.2. The molecule has 1 atom stereocenters. The van der Waals surface area contributed by atoms with Crippen molar-refractivity contribution < 1.29 is 14.6 Å². The fraction of sp³-hybridized carbons (Fsp3) is 0.938. The van der Waals surface area contributed by atoms with Crippen LogP contribution in [0.3, 0.4) is 0 Å². The Balaban J connectivity index is 2.34. The second kappa shape index (κ2) is 6.97. The highest BCUT2D eigenvalue weighted by molar-refractivity contribution is 5.69. The average Bonchev–Trinajstić information content (AvgIpc) is 3.08. The Kier molecular flexibility index (Phi) is 6.05. The molecule has 1 unspecified atom stereocenters. The quantitative estimate of drug-likeness (QED) is 0.709. The average molecular weight is 300 g/mol. The first kappa shape index (κ1) is 18.2. The van der Waals surface area contributed by atoms with Crippen molar-refractivity contribution in [1.29, 1.82) is 0 Å². The van der Waals surface area contributed by atoms with Crippen molar-refractivity contribution in [3.63, 3.8) is 0 Å². The lowest BCUT2D eigenvalue weighted by Gasteiger charge is -2.29. The molecule has 0 heterocycles. The second-order valence-corrected chi connectivity index (χ2v) is 7.59. The van der Waals surface area contributed by atoms with Gasteiger partial charge in [-0.25, -0.2) is 4.79 Å². The molecule has 0 saturated heterocycles. The van der Waals surface area contributed by atoms with Crippen LogP contribution in [0.15, 0.2) is 0 Å².